The average molecular weight is 246 g/mol. The third kappa shape index (κ3) is 3.13. The number of ether oxygens (including phenoxy) is 1. The molecular formula is C14H19BO3. The summed E-state index contributed by atoms with van der Waals surface area (Å²) < 4.78 is 17.0. The van der Waals surface area contributed by atoms with Crippen LogP contribution in [-0.2, 0) is 20.7 Å². The van der Waals surface area contributed by atoms with Crippen LogP contribution in [0.3, 0.4) is 0 Å². The molecule has 1 aromatic rings. The monoisotopic (exact) mass is 246 g/mol. The molecule has 0 N–H and O–H groups in total. The Bertz CT molecular complexity index is 365. The zero-order valence-electron chi connectivity index (χ0n) is 10.6. The van der Waals surface area contributed by atoms with Gasteiger partial charge in [-0.2, -0.15) is 0 Å². The molecule has 2 atom stereocenters. The van der Waals surface area contributed by atoms with Gasteiger partial charge in [0, 0.05) is 19.8 Å². The van der Waals surface area contributed by atoms with Gasteiger partial charge < -0.3 is 14.0 Å². The summed E-state index contributed by atoms with van der Waals surface area (Å²) in [5, 5.41) is 0. The lowest BCUT2D eigenvalue weighted by Gasteiger charge is -2.19. The lowest BCUT2D eigenvalue weighted by atomic mass is 9.79. The van der Waals surface area contributed by atoms with E-state index in [1.807, 2.05) is 18.2 Å². The van der Waals surface area contributed by atoms with Crippen LogP contribution in [0.25, 0.3) is 0 Å². The van der Waals surface area contributed by atoms with Gasteiger partial charge in [0.2, 0.25) is 0 Å². The second kappa shape index (κ2) is 5.87. The molecule has 2 fully saturated rings. The summed E-state index contributed by atoms with van der Waals surface area (Å²) >= 11 is 0. The zero-order valence-corrected chi connectivity index (χ0v) is 10.6. The van der Waals surface area contributed by atoms with E-state index in [1.54, 1.807) is 0 Å². The molecule has 0 aromatic heterocycles. The van der Waals surface area contributed by atoms with Crippen molar-refractivity contribution in [3.8, 4) is 0 Å². The fraction of sp³-hybridized carbons (Fsp3) is 0.571. The van der Waals surface area contributed by atoms with Gasteiger partial charge in [-0.3, -0.25) is 0 Å². The van der Waals surface area contributed by atoms with E-state index in [-0.39, 0.29) is 7.12 Å². The van der Waals surface area contributed by atoms with E-state index >= 15 is 0 Å². The standard InChI is InChI=1S/C14H19BO3/c1-2-5-12(6-3-1)10-16-11-13-9-14(13)15-17-7-4-8-18-15/h1-3,5-6,13-14H,4,7-11H2/t13-,14+/m1/s1. The van der Waals surface area contributed by atoms with Crippen molar-refractivity contribution in [2.75, 3.05) is 19.8 Å². The first kappa shape index (κ1) is 12.2. The Morgan fingerprint density at radius 2 is 1.94 bits per heavy atom. The van der Waals surface area contributed by atoms with Crippen LogP contribution in [0.2, 0.25) is 5.82 Å². The first-order valence-electron chi connectivity index (χ1n) is 6.78. The van der Waals surface area contributed by atoms with Crippen molar-refractivity contribution in [2.24, 2.45) is 5.92 Å². The van der Waals surface area contributed by atoms with E-state index in [2.05, 4.69) is 12.1 Å². The van der Waals surface area contributed by atoms with Gasteiger partial charge in [-0.15, -0.1) is 0 Å². The Morgan fingerprint density at radius 3 is 2.72 bits per heavy atom. The molecule has 96 valence electrons. The molecule has 1 aliphatic heterocycles. The fourth-order valence-electron chi connectivity index (χ4n) is 2.45. The minimum atomic E-state index is 0.0316. The Balaban J connectivity index is 1.36. The number of rotatable bonds is 5. The predicted octanol–water partition coefficient (Wildman–Crippen LogP) is 2.52. The molecule has 18 heavy (non-hydrogen) atoms. The van der Waals surface area contributed by atoms with E-state index in [0.29, 0.717) is 18.3 Å². The van der Waals surface area contributed by atoms with Crippen LogP contribution in [0.5, 0.6) is 0 Å². The average Bonchev–Trinajstić information content (AvgIpc) is 3.21. The molecule has 3 nitrogen and oxygen atoms in total. The smallest absolute Gasteiger partial charge is 0.411 e. The van der Waals surface area contributed by atoms with Gasteiger partial charge in [-0.25, -0.2) is 0 Å². The molecule has 1 saturated heterocycles. The van der Waals surface area contributed by atoms with Crippen molar-refractivity contribution in [1.82, 2.24) is 0 Å². The van der Waals surface area contributed by atoms with Gasteiger partial charge in [0.05, 0.1) is 6.61 Å². The molecule has 0 spiro atoms. The Labute approximate surface area is 109 Å². The highest BCUT2D eigenvalue weighted by molar-refractivity contribution is 6.47. The van der Waals surface area contributed by atoms with Gasteiger partial charge in [0.25, 0.3) is 0 Å². The van der Waals surface area contributed by atoms with E-state index in [0.717, 1.165) is 26.2 Å². The molecule has 0 radical (unpaired) electrons. The molecular weight excluding hydrogens is 227 g/mol. The minimum Gasteiger partial charge on any atom is -0.411 e. The molecule has 3 rings (SSSR count). The van der Waals surface area contributed by atoms with Gasteiger partial charge in [0.1, 0.15) is 0 Å². The number of hydrogen-bond acceptors (Lipinski definition) is 3. The van der Waals surface area contributed by atoms with Crippen molar-refractivity contribution in [1.29, 1.82) is 0 Å². The third-order valence-corrected chi connectivity index (χ3v) is 3.62. The Kier molecular flexibility index (Phi) is 3.98. The van der Waals surface area contributed by atoms with Crippen LogP contribution < -0.4 is 0 Å². The van der Waals surface area contributed by atoms with E-state index in [4.69, 9.17) is 14.0 Å². The molecule has 1 saturated carbocycles. The van der Waals surface area contributed by atoms with Crippen LogP contribution >= 0.6 is 0 Å². The quantitative estimate of drug-likeness (QED) is 0.747. The highest BCUT2D eigenvalue weighted by Crippen LogP contribution is 2.48. The summed E-state index contributed by atoms with van der Waals surface area (Å²) in [4.78, 5) is 0. The molecule has 4 heteroatoms. The second-order valence-corrected chi connectivity index (χ2v) is 5.12. The van der Waals surface area contributed by atoms with Gasteiger partial charge in [-0.1, -0.05) is 30.3 Å². The molecule has 0 bridgehead atoms. The maximum atomic E-state index is 5.75. The van der Waals surface area contributed by atoms with Crippen LogP contribution in [0, 0.1) is 5.92 Å². The van der Waals surface area contributed by atoms with Gasteiger partial charge in [0.15, 0.2) is 0 Å². The number of benzene rings is 1. The summed E-state index contributed by atoms with van der Waals surface area (Å²) in [6.45, 7) is 3.22. The molecule has 2 aliphatic rings. The van der Waals surface area contributed by atoms with Crippen molar-refractivity contribution < 1.29 is 14.0 Å². The maximum absolute atomic E-state index is 5.75. The van der Waals surface area contributed by atoms with Crippen LogP contribution in [0.15, 0.2) is 30.3 Å². The predicted molar refractivity (Wildman–Crippen MR) is 70.2 cm³/mol. The van der Waals surface area contributed by atoms with Crippen molar-refractivity contribution >= 4 is 7.12 Å². The van der Waals surface area contributed by atoms with Gasteiger partial charge in [-0.05, 0) is 30.1 Å². The third-order valence-electron chi connectivity index (χ3n) is 3.62. The van der Waals surface area contributed by atoms with E-state index in [1.165, 1.54) is 12.0 Å². The summed E-state index contributed by atoms with van der Waals surface area (Å²) in [6.07, 6.45) is 2.21. The zero-order chi connectivity index (χ0) is 12.2. The maximum Gasteiger partial charge on any atom is 0.460 e. The molecule has 0 amide bonds. The molecule has 1 aliphatic carbocycles. The van der Waals surface area contributed by atoms with E-state index in [9.17, 15) is 0 Å². The lowest BCUT2D eigenvalue weighted by Crippen LogP contribution is -2.30. The lowest BCUT2D eigenvalue weighted by molar-refractivity contribution is 0.105. The fourth-order valence-corrected chi connectivity index (χ4v) is 2.45. The summed E-state index contributed by atoms with van der Waals surface area (Å²) in [7, 11) is 0.0316. The van der Waals surface area contributed by atoms with Crippen molar-refractivity contribution in [3.05, 3.63) is 35.9 Å². The SMILES string of the molecule is c1ccc(COC[C@H]2C[C@@H]2B2OCCCO2)cc1. The Hall–Kier alpha value is -0.835. The molecule has 1 heterocycles. The van der Waals surface area contributed by atoms with Crippen LogP contribution in [0.4, 0.5) is 0 Å². The Morgan fingerprint density at radius 1 is 1.17 bits per heavy atom. The van der Waals surface area contributed by atoms with Crippen molar-refractivity contribution in [3.63, 3.8) is 0 Å². The van der Waals surface area contributed by atoms with Crippen molar-refractivity contribution in [2.45, 2.75) is 25.3 Å². The number of hydrogen-bond donors (Lipinski definition) is 0. The summed E-state index contributed by atoms with van der Waals surface area (Å²) in [6, 6.07) is 10.3. The largest absolute Gasteiger partial charge is 0.460 e. The molecule has 1 aromatic carbocycles. The molecule has 0 unspecified atom stereocenters. The normalized spacial score (nSPS) is 27.2. The topological polar surface area (TPSA) is 27.7 Å². The van der Waals surface area contributed by atoms with Crippen LogP contribution in [-0.4, -0.2) is 26.9 Å². The van der Waals surface area contributed by atoms with E-state index < -0.39 is 0 Å². The highest BCUT2D eigenvalue weighted by atomic mass is 16.6. The summed E-state index contributed by atoms with van der Waals surface area (Å²) in [5.74, 6) is 1.18. The summed E-state index contributed by atoms with van der Waals surface area (Å²) in [5.41, 5.74) is 1.24. The second-order valence-electron chi connectivity index (χ2n) is 5.12. The first-order chi connectivity index (χ1) is 8.93. The van der Waals surface area contributed by atoms with Gasteiger partial charge >= 0.3 is 7.12 Å². The first-order valence-corrected chi connectivity index (χ1v) is 6.78. The highest BCUT2D eigenvalue weighted by Gasteiger charge is 2.49. The van der Waals surface area contributed by atoms with Crippen LogP contribution in [0.1, 0.15) is 18.4 Å². The minimum absolute atomic E-state index is 0.0316.